The van der Waals surface area contributed by atoms with Gasteiger partial charge in [-0.15, -0.1) is 0 Å². The second-order valence-electron chi connectivity index (χ2n) is 13.9. The zero-order valence-corrected chi connectivity index (χ0v) is 29.9. The van der Waals surface area contributed by atoms with E-state index in [2.05, 4.69) is 98.8 Å². The van der Waals surface area contributed by atoms with Crippen molar-refractivity contribution in [3.8, 4) is 0 Å². The molecule has 2 aromatic carbocycles. The molecule has 2 aromatic rings. The third kappa shape index (κ3) is 21.3. The van der Waals surface area contributed by atoms with E-state index in [-0.39, 0.29) is 0 Å². The lowest BCUT2D eigenvalue weighted by molar-refractivity contribution is -0.954. The molecule has 0 aliphatic heterocycles. The van der Waals surface area contributed by atoms with Crippen LogP contribution in [0.15, 0.2) is 85.0 Å². The van der Waals surface area contributed by atoms with E-state index in [1.807, 2.05) is 0 Å². The average molecular weight is 615 g/mol. The van der Waals surface area contributed by atoms with Crippen LogP contribution < -0.4 is 0 Å². The molecule has 0 unspecified atom stereocenters. The minimum atomic E-state index is 1.16. The van der Waals surface area contributed by atoms with Gasteiger partial charge in [-0.3, -0.25) is 0 Å². The molecule has 0 spiro atoms. The summed E-state index contributed by atoms with van der Waals surface area (Å²) in [7, 11) is 0. The lowest BCUT2D eigenvalue weighted by atomic mass is 10.0. The molecule has 1 nitrogen and oxygen atoms in total. The monoisotopic (exact) mass is 615 g/mol. The van der Waals surface area contributed by atoms with E-state index in [0.29, 0.717) is 0 Å². The Labute approximate surface area is 281 Å². The summed E-state index contributed by atoms with van der Waals surface area (Å²) in [5.74, 6) is 0. The Morgan fingerprint density at radius 3 is 0.978 bits per heavy atom. The second-order valence-corrected chi connectivity index (χ2v) is 13.9. The van der Waals surface area contributed by atoms with Gasteiger partial charge >= 0.3 is 0 Å². The van der Waals surface area contributed by atoms with Gasteiger partial charge in [-0.25, -0.2) is 0 Å². The van der Waals surface area contributed by atoms with Crippen LogP contribution >= 0.6 is 0 Å². The minimum Gasteiger partial charge on any atom is -0.316 e. The highest BCUT2D eigenvalue weighted by atomic mass is 15.3. The van der Waals surface area contributed by atoms with E-state index in [9.17, 15) is 0 Å². The SMILES string of the molecule is C/C=C/CCCCCCCCCCCC[N+](CCCCCCCCCCCC/C=C/C)(Cc1ccccc1)Cc1ccccc1. The Morgan fingerprint density at radius 2 is 0.667 bits per heavy atom. The topological polar surface area (TPSA) is 0 Å². The van der Waals surface area contributed by atoms with Crippen LogP contribution in [0.5, 0.6) is 0 Å². The molecule has 0 fully saturated rings. The van der Waals surface area contributed by atoms with Crippen LogP contribution in [0.4, 0.5) is 0 Å². The molecule has 252 valence electrons. The van der Waals surface area contributed by atoms with Gasteiger partial charge in [0, 0.05) is 11.1 Å². The summed E-state index contributed by atoms with van der Waals surface area (Å²) >= 11 is 0. The fourth-order valence-electron chi connectivity index (χ4n) is 7.01. The Morgan fingerprint density at radius 1 is 0.378 bits per heavy atom. The summed E-state index contributed by atoms with van der Waals surface area (Å²) in [4.78, 5) is 0. The lowest BCUT2D eigenvalue weighted by Crippen LogP contribution is -2.48. The summed E-state index contributed by atoms with van der Waals surface area (Å²) in [6, 6.07) is 22.7. The Balaban J connectivity index is 1.78. The molecule has 0 saturated carbocycles. The van der Waals surface area contributed by atoms with Crippen molar-refractivity contribution in [2.24, 2.45) is 0 Å². The maximum atomic E-state index is 2.36. The van der Waals surface area contributed by atoms with Crippen molar-refractivity contribution in [1.82, 2.24) is 0 Å². The molecule has 0 atom stereocenters. The predicted molar refractivity (Wildman–Crippen MR) is 201 cm³/mol. The number of hydrogen-bond acceptors (Lipinski definition) is 0. The minimum absolute atomic E-state index is 1.16. The summed E-state index contributed by atoms with van der Waals surface area (Å²) in [6.07, 6.45) is 39.7. The summed E-state index contributed by atoms with van der Waals surface area (Å²) in [5.41, 5.74) is 3.01. The van der Waals surface area contributed by atoms with Crippen LogP contribution in [0.2, 0.25) is 0 Å². The first-order valence-corrected chi connectivity index (χ1v) is 19.4. The van der Waals surface area contributed by atoms with Crippen LogP contribution in [0.3, 0.4) is 0 Å². The van der Waals surface area contributed by atoms with Gasteiger partial charge in [0.25, 0.3) is 0 Å². The smallest absolute Gasteiger partial charge is 0.105 e. The fraction of sp³-hybridized carbons (Fsp3) is 0.636. The molecular formula is C44H72N+. The number of rotatable bonds is 30. The van der Waals surface area contributed by atoms with Gasteiger partial charge in [0.15, 0.2) is 0 Å². The van der Waals surface area contributed by atoms with Crippen LogP contribution in [-0.4, -0.2) is 17.6 Å². The number of allylic oxidation sites excluding steroid dienone is 4. The average Bonchev–Trinajstić information content (AvgIpc) is 3.06. The normalized spacial score (nSPS) is 12.1. The second kappa shape index (κ2) is 28.1. The van der Waals surface area contributed by atoms with Gasteiger partial charge in [0.2, 0.25) is 0 Å². The zero-order valence-electron chi connectivity index (χ0n) is 29.9. The van der Waals surface area contributed by atoms with Crippen molar-refractivity contribution in [2.45, 2.75) is 168 Å². The zero-order chi connectivity index (χ0) is 31.9. The van der Waals surface area contributed by atoms with Gasteiger partial charge in [-0.1, -0.05) is 175 Å². The first-order valence-electron chi connectivity index (χ1n) is 19.4. The number of benzene rings is 2. The van der Waals surface area contributed by atoms with E-state index in [4.69, 9.17) is 0 Å². The summed E-state index contributed by atoms with van der Waals surface area (Å²) in [5, 5.41) is 0. The van der Waals surface area contributed by atoms with Crippen LogP contribution in [0, 0.1) is 0 Å². The van der Waals surface area contributed by atoms with Crippen LogP contribution in [-0.2, 0) is 13.1 Å². The standard InChI is InChI=1S/C44H72N/c1-3-5-7-9-11-13-15-17-19-21-23-25-33-39-45(41-43-35-29-27-30-36-43,42-44-37-31-28-32-38-44)40-34-26-24-22-20-18-16-14-12-10-8-6-4-2/h3-6,27-32,35-38H,7-26,33-34,39-42H2,1-2H3/q+1/b5-3+,6-4+. The molecule has 0 bridgehead atoms. The molecular weight excluding hydrogens is 542 g/mol. The fourth-order valence-corrected chi connectivity index (χ4v) is 7.01. The number of nitrogens with zero attached hydrogens (tertiary/aromatic N) is 1. The van der Waals surface area contributed by atoms with Crippen molar-refractivity contribution in [2.75, 3.05) is 13.1 Å². The van der Waals surface area contributed by atoms with Gasteiger partial charge in [-0.2, -0.15) is 0 Å². The van der Waals surface area contributed by atoms with E-state index in [1.54, 1.807) is 0 Å². The maximum Gasteiger partial charge on any atom is 0.105 e. The Kier molecular flexibility index (Phi) is 24.4. The van der Waals surface area contributed by atoms with Gasteiger partial charge in [0.1, 0.15) is 13.1 Å². The Hall–Kier alpha value is -2.12. The summed E-state index contributed by atoms with van der Waals surface area (Å²) in [6.45, 7) is 9.21. The van der Waals surface area contributed by atoms with Crippen molar-refractivity contribution in [3.63, 3.8) is 0 Å². The number of quaternary nitrogens is 1. The molecule has 0 N–H and O–H groups in total. The van der Waals surface area contributed by atoms with Crippen LogP contribution in [0.1, 0.15) is 166 Å². The first-order chi connectivity index (χ1) is 22.3. The number of unbranched alkanes of at least 4 members (excludes halogenated alkanes) is 20. The largest absolute Gasteiger partial charge is 0.316 e. The molecule has 0 saturated heterocycles. The Bertz CT molecular complexity index is 864. The molecule has 45 heavy (non-hydrogen) atoms. The maximum absolute atomic E-state index is 2.36. The van der Waals surface area contributed by atoms with Crippen molar-refractivity contribution in [3.05, 3.63) is 96.1 Å². The van der Waals surface area contributed by atoms with E-state index in [0.717, 1.165) is 13.1 Å². The molecule has 0 aliphatic carbocycles. The van der Waals surface area contributed by atoms with Gasteiger partial charge < -0.3 is 4.48 Å². The first kappa shape index (κ1) is 39.1. The predicted octanol–water partition coefficient (Wildman–Crippen LogP) is 13.9. The molecule has 0 aliphatic rings. The van der Waals surface area contributed by atoms with Crippen molar-refractivity contribution >= 4 is 0 Å². The molecule has 0 amide bonds. The molecule has 0 aromatic heterocycles. The van der Waals surface area contributed by atoms with Crippen molar-refractivity contribution in [1.29, 1.82) is 0 Å². The van der Waals surface area contributed by atoms with Gasteiger partial charge in [-0.05, 0) is 65.2 Å². The van der Waals surface area contributed by atoms with Crippen LogP contribution in [0.25, 0.3) is 0 Å². The molecule has 1 heteroatoms. The van der Waals surface area contributed by atoms with E-state index < -0.39 is 0 Å². The third-order valence-corrected chi connectivity index (χ3v) is 9.70. The molecule has 2 rings (SSSR count). The third-order valence-electron chi connectivity index (χ3n) is 9.70. The van der Waals surface area contributed by atoms with E-state index >= 15 is 0 Å². The van der Waals surface area contributed by atoms with E-state index in [1.165, 1.54) is 170 Å². The lowest BCUT2D eigenvalue weighted by Gasteiger charge is -2.39. The quantitative estimate of drug-likeness (QED) is 0.0466. The molecule has 0 heterocycles. The highest BCUT2D eigenvalue weighted by molar-refractivity contribution is 5.15. The molecule has 0 radical (unpaired) electrons. The number of hydrogen-bond donors (Lipinski definition) is 0. The van der Waals surface area contributed by atoms with Crippen molar-refractivity contribution < 1.29 is 4.48 Å². The van der Waals surface area contributed by atoms with Gasteiger partial charge in [0.05, 0.1) is 13.1 Å². The highest BCUT2D eigenvalue weighted by Crippen LogP contribution is 2.24. The highest BCUT2D eigenvalue weighted by Gasteiger charge is 2.27. The summed E-state index contributed by atoms with van der Waals surface area (Å²) < 4.78 is 1.22.